The second-order valence-corrected chi connectivity index (χ2v) is 3.79. The molecule has 10 heavy (non-hydrogen) atoms. The third-order valence-electron chi connectivity index (χ3n) is 3.20. The Balaban J connectivity index is 2.52. The van der Waals surface area contributed by atoms with Gasteiger partial charge in [0.2, 0.25) is 0 Å². The summed E-state index contributed by atoms with van der Waals surface area (Å²) in [6.45, 7) is 6.43. The molecule has 1 aliphatic carbocycles. The van der Waals surface area contributed by atoms with Crippen LogP contribution >= 0.6 is 0 Å². The first-order valence-corrected chi connectivity index (χ1v) is 4.27. The van der Waals surface area contributed by atoms with E-state index >= 15 is 0 Å². The zero-order valence-corrected chi connectivity index (χ0v) is 7.10. The summed E-state index contributed by atoms with van der Waals surface area (Å²) in [5.74, 6) is 1.58. The average molecular weight is 144 g/mol. The zero-order chi connectivity index (χ0) is 7.72. The third-order valence-corrected chi connectivity index (χ3v) is 3.20. The standard InChI is InChI=1S/C9H17F/c1-6-4-5-9(10)8(3)7(6)2/h6-9H,4-5H2,1-3H3. The predicted molar refractivity (Wildman–Crippen MR) is 41.6 cm³/mol. The van der Waals surface area contributed by atoms with E-state index in [4.69, 9.17) is 0 Å². The highest BCUT2D eigenvalue weighted by atomic mass is 19.1. The van der Waals surface area contributed by atoms with Gasteiger partial charge >= 0.3 is 0 Å². The van der Waals surface area contributed by atoms with Gasteiger partial charge in [-0.25, -0.2) is 4.39 Å². The molecule has 1 aliphatic rings. The van der Waals surface area contributed by atoms with E-state index < -0.39 is 6.17 Å². The van der Waals surface area contributed by atoms with Crippen molar-refractivity contribution in [3.63, 3.8) is 0 Å². The topological polar surface area (TPSA) is 0 Å². The lowest BCUT2D eigenvalue weighted by Crippen LogP contribution is -2.30. The molecule has 0 radical (unpaired) electrons. The van der Waals surface area contributed by atoms with Crippen LogP contribution in [0.25, 0.3) is 0 Å². The van der Waals surface area contributed by atoms with Gasteiger partial charge in [-0.05, 0) is 30.6 Å². The maximum Gasteiger partial charge on any atom is 0.103 e. The van der Waals surface area contributed by atoms with Gasteiger partial charge < -0.3 is 0 Å². The van der Waals surface area contributed by atoms with Gasteiger partial charge in [-0.2, -0.15) is 0 Å². The van der Waals surface area contributed by atoms with E-state index in [-0.39, 0.29) is 5.92 Å². The van der Waals surface area contributed by atoms with Crippen LogP contribution in [-0.4, -0.2) is 6.17 Å². The number of hydrogen-bond acceptors (Lipinski definition) is 0. The molecule has 0 aromatic carbocycles. The zero-order valence-electron chi connectivity index (χ0n) is 7.10. The van der Waals surface area contributed by atoms with Gasteiger partial charge in [-0.3, -0.25) is 0 Å². The molecule has 0 amide bonds. The van der Waals surface area contributed by atoms with Gasteiger partial charge in [0.25, 0.3) is 0 Å². The Morgan fingerprint density at radius 1 is 1.00 bits per heavy atom. The summed E-state index contributed by atoms with van der Waals surface area (Å²) in [5, 5.41) is 0. The minimum Gasteiger partial charge on any atom is -0.247 e. The van der Waals surface area contributed by atoms with Crippen molar-refractivity contribution >= 4 is 0 Å². The van der Waals surface area contributed by atoms with Crippen LogP contribution in [0.15, 0.2) is 0 Å². The van der Waals surface area contributed by atoms with E-state index in [1.807, 2.05) is 6.92 Å². The van der Waals surface area contributed by atoms with Crippen LogP contribution in [0.5, 0.6) is 0 Å². The van der Waals surface area contributed by atoms with E-state index in [2.05, 4.69) is 13.8 Å². The van der Waals surface area contributed by atoms with Crippen molar-refractivity contribution in [1.29, 1.82) is 0 Å². The molecule has 0 N–H and O–H groups in total. The van der Waals surface area contributed by atoms with Crippen molar-refractivity contribution in [2.45, 2.75) is 39.8 Å². The fourth-order valence-corrected chi connectivity index (χ4v) is 1.80. The minimum absolute atomic E-state index is 0.281. The van der Waals surface area contributed by atoms with Crippen LogP contribution in [0.1, 0.15) is 33.6 Å². The van der Waals surface area contributed by atoms with Crippen LogP contribution in [0.3, 0.4) is 0 Å². The number of hydrogen-bond donors (Lipinski definition) is 0. The molecule has 1 rings (SSSR count). The molecule has 1 saturated carbocycles. The van der Waals surface area contributed by atoms with Gasteiger partial charge in [0.15, 0.2) is 0 Å². The molecule has 0 aromatic heterocycles. The van der Waals surface area contributed by atoms with E-state index in [0.29, 0.717) is 5.92 Å². The van der Waals surface area contributed by atoms with E-state index in [1.165, 1.54) is 0 Å². The summed E-state index contributed by atoms with van der Waals surface area (Å²) in [5.41, 5.74) is 0. The molecular weight excluding hydrogens is 127 g/mol. The molecule has 4 unspecified atom stereocenters. The molecule has 0 bridgehead atoms. The molecule has 0 nitrogen and oxygen atoms in total. The molecule has 0 aromatic rings. The quantitative estimate of drug-likeness (QED) is 0.490. The first-order chi connectivity index (χ1) is 4.63. The Hall–Kier alpha value is -0.0700. The highest BCUT2D eigenvalue weighted by Gasteiger charge is 2.31. The molecule has 1 heteroatoms. The molecule has 0 saturated heterocycles. The Morgan fingerprint density at radius 3 is 2.10 bits per heavy atom. The van der Waals surface area contributed by atoms with Crippen LogP contribution in [0, 0.1) is 17.8 Å². The molecule has 0 aliphatic heterocycles. The van der Waals surface area contributed by atoms with Gasteiger partial charge in [0.1, 0.15) is 6.17 Å². The summed E-state index contributed by atoms with van der Waals surface area (Å²) in [6.07, 6.45) is 1.32. The van der Waals surface area contributed by atoms with Crippen molar-refractivity contribution < 1.29 is 4.39 Å². The lowest BCUT2D eigenvalue weighted by atomic mass is 9.74. The molecule has 0 spiro atoms. The van der Waals surface area contributed by atoms with Crippen molar-refractivity contribution in [3.05, 3.63) is 0 Å². The summed E-state index contributed by atoms with van der Waals surface area (Å²) >= 11 is 0. The summed E-state index contributed by atoms with van der Waals surface area (Å²) in [6, 6.07) is 0. The maximum atomic E-state index is 13.0. The number of halogens is 1. The minimum atomic E-state index is -0.536. The molecular formula is C9H17F. The van der Waals surface area contributed by atoms with Gasteiger partial charge in [-0.1, -0.05) is 20.8 Å². The first-order valence-electron chi connectivity index (χ1n) is 4.27. The highest BCUT2D eigenvalue weighted by Crippen LogP contribution is 2.35. The normalized spacial score (nSPS) is 49.2. The van der Waals surface area contributed by atoms with Crippen molar-refractivity contribution in [2.75, 3.05) is 0 Å². The monoisotopic (exact) mass is 144 g/mol. The highest BCUT2D eigenvalue weighted by molar-refractivity contribution is 4.80. The fraction of sp³-hybridized carbons (Fsp3) is 1.00. The third kappa shape index (κ3) is 1.33. The lowest BCUT2D eigenvalue weighted by molar-refractivity contribution is 0.0893. The number of alkyl halides is 1. The maximum absolute atomic E-state index is 13.0. The van der Waals surface area contributed by atoms with Crippen molar-refractivity contribution in [2.24, 2.45) is 17.8 Å². The summed E-state index contributed by atoms with van der Waals surface area (Å²) in [7, 11) is 0. The Labute approximate surface area is 62.8 Å². The fourth-order valence-electron chi connectivity index (χ4n) is 1.80. The second-order valence-electron chi connectivity index (χ2n) is 3.79. The number of rotatable bonds is 0. The summed E-state index contributed by atoms with van der Waals surface area (Å²) in [4.78, 5) is 0. The van der Waals surface area contributed by atoms with E-state index in [0.717, 1.165) is 18.8 Å². The average Bonchev–Trinajstić information content (AvgIpc) is 1.93. The van der Waals surface area contributed by atoms with Crippen LogP contribution in [0.4, 0.5) is 4.39 Å². The van der Waals surface area contributed by atoms with Gasteiger partial charge in [-0.15, -0.1) is 0 Å². The summed E-state index contributed by atoms with van der Waals surface area (Å²) < 4.78 is 13.0. The van der Waals surface area contributed by atoms with Crippen LogP contribution in [0.2, 0.25) is 0 Å². The van der Waals surface area contributed by atoms with E-state index in [9.17, 15) is 4.39 Å². The van der Waals surface area contributed by atoms with Crippen LogP contribution in [-0.2, 0) is 0 Å². The molecule has 0 heterocycles. The second kappa shape index (κ2) is 2.89. The molecule has 60 valence electrons. The first kappa shape index (κ1) is 8.03. The molecule has 1 fully saturated rings. The lowest BCUT2D eigenvalue weighted by Gasteiger charge is -2.34. The largest absolute Gasteiger partial charge is 0.247 e. The Morgan fingerprint density at radius 2 is 1.60 bits per heavy atom. The van der Waals surface area contributed by atoms with Crippen molar-refractivity contribution in [1.82, 2.24) is 0 Å². The van der Waals surface area contributed by atoms with Crippen LogP contribution < -0.4 is 0 Å². The van der Waals surface area contributed by atoms with Gasteiger partial charge in [0, 0.05) is 0 Å². The Bertz CT molecular complexity index is 97.3. The van der Waals surface area contributed by atoms with Gasteiger partial charge in [0.05, 0.1) is 0 Å². The SMILES string of the molecule is CC1CCC(F)C(C)C1C. The predicted octanol–water partition coefficient (Wildman–Crippen LogP) is 3.03. The van der Waals surface area contributed by atoms with Crippen molar-refractivity contribution in [3.8, 4) is 0 Å². The Kier molecular flexibility index (Phi) is 2.32. The molecule has 4 atom stereocenters. The smallest absolute Gasteiger partial charge is 0.103 e. The van der Waals surface area contributed by atoms with E-state index in [1.54, 1.807) is 0 Å².